The molecule has 1 aromatic heterocycles. The summed E-state index contributed by atoms with van der Waals surface area (Å²) in [6.07, 6.45) is 0. The van der Waals surface area contributed by atoms with E-state index >= 15 is 0 Å². The molecule has 0 unspecified atom stereocenters. The van der Waals surface area contributed by atoms with Crippen LogP contribution in [0.5, 0.6) is 0 Å². The van der Waals surface area contributed by atoms with Crippen LogP contribution >= 0.6 is 11.6 Å². The second-order valence-corrected chi connectivity index (χ2v) is 5.52. The van der Waals surface area contributed by atoms with E-state index in [1.165, 1.54) is 13.0 Å². The Balaban J connectivity index is 2.51. The van der Waals surface area contributed by atoms with E-state index in [0.717, 1.165) is 12.1 Å². The second-order valence-electron chi connectivity index (χ2n) is 5.08. The Labute approximate surface area is 134 Å². The van der Waals surface area contributed by atoms with Gasteiger partial charge in [-0.3, -0.25) is 9.59 Å². The maximum absolute atomic E-state index is 13.6. The topological polar surface area (TPSA) is 49.9 Å². The average molecular weight is 334 g/mol. The van der Waals surface area contributed by atoms with Crippen LogP contribution in [0.1, 0.15) is 17.3 Å². The molecular weight excluding hydrogens is 324 g/mol. The fourth-order valence-electron chi connectivity index (χ4n) is 2.55. The maximum Gasteiger partial charge on any atom is 0.259 e. The highest BCUT2D eigenvalue weighted by molar-refractivity contribution is 6.31. The average Bonchev–Trinajstić information content (AvgIpc) is 2.49. The van der Waals surface area contributed by atoms with Crippen molar-refractivity contribution in [1.29, 1.82) is 0 Å². The largest absolute Gasteiger partial charge is 0.321 e. The van der Waals surface area contributed by atoms with Crippen molar-refractivity contribution in [2.75, 3.05) is 0 Å². The summed E-state index contributed by atoms with van der Waals surface area (Å²) in [5.41, 5.74) is 0.201. The molecule has 3 nitrogen and oxygen atoms in total. The van der Waals surface area contributed by atoms with E-state index in [4.69, 9.17) is 11.6 Å². The monoisotopic (exact) mass is 333 g/mol. The summed E-state index contributed by atoms with van der Waals surface area (Å²) in [6.45, 7) is 1.24. The number of pyridine rings is 1. The molecule has 3 aromatic rings. The predicted molar refractivity (Wildman–Crippen MR) is 84.9 cm³/mol. The summed E-state index contributed by atoms with van der Waals surface area (Å²) in [6, 6.07) is 7.97. The smallest absolute Gasteiger partial charge is 0.259 e. The molecule has 0 saturated heterocycles. The zero-order chi connectivity index (χ0) is 16.7. The molecule has 0 bridgehead atoms. The number of rotatable bonds is 2. The Morgan fingerprint density at radius 3 is 2.48 bits per heavy atom. The lowest BCUT2D eigenvalue weighted by molar-refractivity contribution is 0.101. The van der Waals surface area contributed by atoms with Gasteiger partial charge in [0, 0.05) is 21.5 Å². The van der Waals surface area contributed by atoms with Crippen molar-refractivity contribution < 1.29 is 13.6 Å². The molecule has 23 heavy (non-hydrogen) atoms. The highest BCUT2D eigenvalue weighted by Crippen LogP contribution is 2.32. The summed E-state index contributed by atoms with van der Waals surface area (Å²) in [7, 11) is 0. The Hall–Kier alpha value is -2.53. The van der Waals surface area contributed by atoms with Crippen LogP contribution in [-0.4, -0.2) is 10.8 Å². The quantitative estimate of drug-likeness (QED) is 0.710. The number of fused-ring (bicyclic) bond motifs is 1. The van der Waals surface area contributed by atoms with Gasteiger partial charge in [-0.15, -0.1) is 0 Å². The molecule has 0 spiro atoms. The molecular formula is C17H10ClF2NO2. The Morgan fingerprint density at radius 2 is 1.83 bits per heavy atom. The number of benzene rings is 2. The van der Waals surface area contributed by atoms with Gasteiger partial charge in [-0.1, -0.05) is 17.7 Å². The van der Waals surface area contributed by atoms with E-state index in [-0.39, 0.29) is 16.7 Å². The fraction of sp³-hybridized carbons (Fsp3) is 0.0588. The number of Topliss-reactive ketones (excluding diaryl/α,β-unsaturated/α-hetero) is 1. The van der Waals surface area contributed by atoms with Gasteiger partial charge in [-0.05, 0) is 42.8 Å². The van der Waals surface area contributed by atoms with Crippen LogP contribution < -0.4 is 5.56 Å². The number of H-pyrrole nitrogens is 1. The number of aromatic nitrogens is 1. The lowest BCUT2D eigenvalue weighted by Crippen LogP contribution is -2.18. The number of hydrogen-bond donors (Lipinski definition) is 1. The van der Waals surface area contributed by atoms with E-state index in [2.05, 4.69) is 4.98 Å². The predicted octanol–water partition coefficient (Wildman–Crippen LogP) is 4.33. The highest BCUT2D eigenvalue weighted by Gasteiger charge is 2.19. The number of nitrogens with one attached hydrogen (secondary N) is 1. The molecule has 0 aliphatic carbocycles. The van der Waals surface area contributed by atoms with E-state index in [1.807, 2.05) is 0 Å². The van der Waals surface area contributed by atoms with Crippen LogP contribution in [0.25, 0.3) is 22.0 Å². The number of carbonyl (C=O) groups excluding carboxylic acids is 1. The zero-order valence-electron chi connectivity index (χ0n) is 11.9. The van der Waals surface area contributed by atoms with Crippen molar-refractivity contribution in [1.82, 2.24) is 4.98 Å². The molecule has 6 heteroatoms. The van der Waals surface area contributed by atoms with Crippen LogP contribution in [0.15, 0.2) is 41.2 Å². The van der Waals surface area contributed by atoms with E-state index < -0.39 is 23.0 Å². The van der Waals surface area contributed by atoms with Gasteiger partial charge >= 0.3 is 0 Å². The maximum atomic E-state index is 13.6. The lowest BCUT2D eigenvalue weighted by atomic mass is 9.94. The molecule has 3 rings (SSSR count). The third-order valence-corrected chi connectivity index (χ3v) is 3.77. The molecule has 0 aliphatic rings. The molecule has 1 N–H and O–H groups in total. The minimum absolute atomic E-state index is 0.120. The van der Waals surface area contributed by atoms with Crippen LogP contribution in [-0.2, 0) is 0 Å². The SMILES string of the molecule is CC(=O)c1c(-c2ccc(F)c(F)c2)c2cc(Cl)ccc2[nH]c1=O. The lowest BCUT2D eigenvalue weighted by Gasteiger charge is -2.12. The van der Waals surface area contributed by atoms with Gasteiger partial charge < -0.3 is 4.98 Å². The first kappa shape index (κ1) is 15.4. The van der Waals surface area contributed by atoms with E-state index in [1.54, 1.807) is 18.2 Å². The molecule has 0 aliphatic heterocycles. The van der Waals surface area contributed by atoms with Crippen molar-refractivity contribution in [3.05, 3.63) is 69.0 Å². The molecule has 116 valence electrons. The summed E-state index contributed by atoms with van der Waals surface area (Å²) in [5, 5.41) is 0.871. The van der Waals surface area contributed by atoms with Crippen molar-refractivity contribution in [2.24, 2.45) is 0 Å². The molecule has 2 aromatic carbocycles. The van der Waals surface area contributed by atoms with Crippen LogP contribution in [0.2, 0.25) is 5.02 Å². The van der Waals surface area contributed by atoms with Crippen LogP contribution in [0.4, 0.5) is 8.78 Å². The minimum atomic E-state index is -1.06. The third kappa shape index (κ3) is 2.64. The Bertz CT molecular complexity index is 1010. The number of hydrogen-bond acceptors (Lipinski definition) is 2. The molecule has 0 radical (unpaired) electrons. The van der Waals surface area contributed by atoms with Gasteiger partial charge in [0.2, 0.25) is 0 Å². The first-order valence-electron chi connectivity index (χ1n) is 6.70. The van der Waals surface area contributed by atoms with Crippen LogP contribution in [0, 0.1) is 11.6 Å². The van der Waals surface area contributed by atoms with Gasteiger partial charge in [-0.2, -0.15) is 0 Å². The normalized spacial score (nSPS) is 11.0. The Morgan fingerprint density at radius 1 is 1.09 bits per heavy atom. The zero-order valence-corrected chi connectivity index (χ0v) is 12.7. The fourth-order valence-corrected chi connectivity index (χ4v) is 2.72. The number of halogens is 3. The molecule has 0 fully saturated rings. The third-order valence-electron chi connectivity index (χ3n) is 3.54. The minimum Gasteiger partial charge on any atom is -0.321 e. The standard InChI is InChI=1S/C17H10ClF2NO2/c1-8(22)15-16(9-2-4-12(19)13(20)6-9)11-7-10(18)3-5-14(11)21-17(15)23/h2-7H,1H3,(H,21,23). The molecule has 1 heterocycles. The van der Waals surface area contributed by atoms with Gasteiger partial charge in [0.05, 0.1) is 5.56 Å². The first-order chi connectivity index (χ1) is 10.9. The van der Waals surface area contributed by atoms with E-state index in [9.17, 15) is 18.4 Å². The Kier molecular flexibility index (Phi) is 3.74. The van der Waals surface area contributed by atoms with Crippen molar-refractivity contribution in [3.8, 4) is 11.1 Å². The van der Waals surface area contributed by atoms with E-state index in [0.29, 0.717) is 15.9 Å². The first-order valence-corrected chi connectivity index (χ1v) is 7.08. The summed E-state index contributed by atoms with van der Waals surface area (Å²) >= 11 is 6.00. The van der Waals surface area contributed by atoms with Crippen molar-refractivity contribution >= 4 is 28.3 Å². The molecule has 0 amide bonds. The van der Waals surface area contributed by atoms with Crippen molar-refractivity contribution in [3.63, 3.8) is 0 Å². The second kappa shape index (κ2) is 5.59. The van der Waals surface area contributed by atoms with Gasteiger partial charge in [-0.25, -0.2) is 8.78 Å². The summed E-state index contributed by atoms with van der Waals surface area (Å²) < 4.78 is 26.8. The number of carbonyl (C=O) groups is 1. The summed E-state index contributed by atoms with van der Waals surface area (Å²) in [5.74, 6) is -2.55. The summed E-state index contributed by atoms with van der Waals surface area (Å²) in [4.78, 5) is 26.7. The van der Waals surface area contributed by atoms with Crippen LogP contribution in [0.3, 0.4) is 0 Å². The number of aromatic amines is 1. The number of ketones is 1. The van der Waals surface area contributed by atoms with Gasteiger partial charge in [0.1, 0.15) is 0 Å². The molecule has 0 saturated carbocycles. The van der Waals surface area contributed by atoms with Gasteiger partial charge in [0.25, 0.3) is 5.56 Å². The van der Waals surface area contributed by atoms with Gasteiger partial charge in [0.15, 0.2) is 17.4 Å². The van der Waals surface area contributed by atoms with Crippen molar-refractivity contribution in [2.45, 2.75) is 6.92 Å². The highest BCUT2D eigenvalue weighted by atomic mass is 35.5. The molecule has 0 atom stereocenters.